The molecule has 0 saturated heterocycles. The molecule has 0 aliphatic carbocycles. The van der Waals surface area contributed by atoms with E-state index < -0.39 is 5.82 Å². The molecule has 0 aromatic heterocycles. The van der Waals surface area contributed by atoms with E-state index in [0.29, 0.717) is 23.1 Å². The Morgan fingerprint density at radius 3 is 1.79 bits per heavy atom. The van der Waals surface area contributed by atoms with Gasteiger partial charge in [-0.05, 0) is 66.4 Å². The summed E-state index contributed by atoms with van der Waals surface area (Å²) in [6.45, 7) is 3.99. The Bertz CT molecular complexity index is 1100. The number of halogens is 2. The molecule has 0 unspecified atom stereocenters. The Hall–Kier alpha value is -3.36. The Balaban J connectivity index is 1.78. The summed E-state index contributed by atoms with van der Waals surface area (Å²) < 4.78 is 28.1. The Kier molecular flexibility index (Phi) is 6.25. The second-order valence-electron chi connectivity index (χ2n) is 6.40. The van der Waals surface area contributed by atoms with Gasteiger partial charge in [0.25, 0.3) is 0 Å². The maximum Gasteiger partial charge on any atom is 0.140 e. The molecule has 0 atom stereocenters. The molecule has 0 heterocycles. The van der Waals surface area contributed by atoms with Gasteiger partial charge in [-0.3, -0.25) is 0 Å². The number of rotatable bonds is 2. The topological polar surface area (TPSA) is 0 Å². The van der Waals surface area contributed by atoms with Crippen molar-refractivity contribution >= 4 is 0 Å². The minimum absolute atomic E-state index is 0.262. The molecular weight excluding hydrogens is 350 g/mol. The first kappa shape index (κ1) is 19.4. The zero-order valence-corrected chi connectivity index (χ0v) is 15.9. The minimum atomic E-state index is -0.439. The SMILES string of the molecule is CCc1ccc(C#Cc2ccc(C#Cc3ccc(CC)c(F)c3)c(F)c2)cc1. The summed E-state index contributed by atoms with van der Waals surface area (Å²) in [4.78, 5) is 0. The molecule has 0 amide bonds. The average Bonchev–Trinajstić information content (AvgIpc) is 2.72. The molecule has 0 bridgehead atoms. The lowest BCUT2D eigenvalue weighted by Crippen LogP contribution is -1.89. The highest BCUT2D eigenvalue weighted by molar-refractivity contribution is 5.49. The third-order valence-corrected chi connectivity index (χ3v) is 4.46. The van der Waals surface area contributed by atoms with Crippen molar-refractivity contribution < 1.29 is 8.78 Å². The number of hydrogen-bond donors (Lipinski definition) is 0. The number of aryl methyl sites for hydroxylation is 2. The Morgan fingerprint density at radius 1 is 0.607 bits per heavy atom. The van der Waals surface area contributed by atoms with E-state index in [0.717, 1.165) is 12.0 Å². The van der Waals surface area contributed by atoms with Crippen molar-refractivity contribution in [3.8, 4) is 23.7 Å². The van der Waals surface area contributed by atoms with Crippen LogP contribution in [0.1, 0.15) is 47.2 Å². The lowest BCUT2D eigenvalue weighted by atomic mass is 10.1. The monoisotopic (exact) mass is 370 g/mol. The Labute approximate surface area is 165 Å². The van der Waals surface area contributed by atoms with Crippen LogP contribution in [0.15, 0.2) is 60.7 Å². The standard InChI is InChI=1S/C26H20F2/c1-3-19-5-7-20(8-6-19)9-10-21-12-15-24(26(28)18-21)16-13-22-11-14-23(4-2)25(27)17-22/h5-8,11-12,14-15,17-18H,3-4H2,1-2H3. The molecule has 2 heteroatoms. The highest BCUT2D eigenvalue weighted by Gasteiger charge is 2.02. The van der Waals surface area contributed by atoms with Gasteiger partial charge < -0.3 is 0 Å². The molecule has 3 aromatic rings. The first-order valence-corrected chi connectivity index (χ1v) is 9.30. The molecule has 3 rings (SSSR count). The van der Waals surface area contributed by atoms with E-state index in [1.165, 1.54) is 17.7 Å². The van der Waals surface area contributed by atoms with Crippen LogP contribution >= 0.6 is 0 Å². The predicted octanol–water partition coefficient (Wildman–Crippen LogP) is 5.89. The lowest BCUT2D eigenvalue weighted by molar-refractivity contribution is 0.612. The van der Waals surface area contributed by atoms with Crippen molar-refractivity contribution in [2.45, 2.75) is 26.7 Å². The summed E-state index contributed by atoms with van der Waals surface area (Å²) in [7, 11) is 0. The summed E-state index contributed by atoms with van der Waals surface area (Å²) >= 11 is 0. The molecule has 3 aromatic carbocycles. The van der Waals surface area contributed by atoms with Gasteiger partial charge in [0.15, 0.2) is 0 Å². The van der Waals surface area contributed by atoms with E-state index in [1.54, 1.807) is 24.3 Å². The molecular formula is C26H20F2. The first-order chi connectivity index (χ1) is 13.6. The van der Waals surface area contributed by atoms with Crippen molar-refractivity contribution in [2.24, 2.45) is 0 Å². The van der Waals surface area contributed by atoms with Crippen LogP contribution < -0.4 is 0 Å². The fourth-order valence-corrected chi connectivity index (χ4v) is 2.71. The van der Waals surface area contributed by atoms with Gasteiger partial charge in [-0.25, -0.2) is 8.78 Å². The molecule has 0 N–H and O–H groups in total. The number of benzene rings is 3. The molecule has 0 radical (unpaired) electrons. The molecule has 138 valence electrons. The maximum absolute atomic E-state index is 14.3. The van der Waals surface area contributed by atoms with Crippen molar-refractivity contribution in [1.82, 2.24) is 0 Å². The van der Waals surface area contributed by atoms with Gasteiger partial charge in [-0.15, -0.1) is 0 Å². The lowest BCUT2D eigenvalue weighted by Gasteiger charge is -1.99. The van der Waals surface area contributed by atoms with Crippen molar-refractivity contribution in [1.29, 1.82) is 0 Å². The number of hydrogen-bond acceptors (Lipinski definition) is 0. The second-order valence-corrected chi connectivity index (χ2v) is 6.40. The molecule has 0 aliphatic rings. The minimum Gasteiger partial charge on any atom is -0.207 e. The zero-order chi connectivity index (χ0) is 19.9. The largest absolute Gasteiger partial charge is 0.207 e. The summed E-state index contributed by atoms with van der Waals surface area (Å²) in [5.74, 6) is 10.9. The van der Waals surface area contributed by atoms with Gasteiger partial charge in [0, 0.05) is 16.7 Å². The van der Waals surface area contributed by atoms with Crippen LogP contribution in [-0.4, -0.2) is 0 Å². The summed E-state index contributed by atoms with van der Waals surface area (Å²) in [6, 6.07) is 17.6. The second kappa shape index (κ2) is 9.03. The van der Waals surface area contributed by atoms with Gasteiger partial charge in [-0.1, -0.05) is 55.7 Å². The van der Waals surface area contributed by atoms with Crippen molar-refractivity contribution in [2.75, 3.05) is 0 Å². The van der Waals surface area contributed by atoms with Crippen molar-refractivity contribution in [3.05, 3.63) is 106 Å². The van der Waals surface area contributed by atoms with Gasteiger partial charge in [0.05, 0.1) is 5.56 Å². The van der Waals surface area contributed by atoms with E-state index in [9.17, 15) is 8.78 Å². The van der Waals surface area contributed by atoms with Crippen LogP contribution in [0.25, 0.3) is 0 Å². The first-order valence-electron chi connectivity index (χ1n) is 9.30. The normalized spacial score (nSPS) is 9.86. The molecule has 0 aliphatic heterocycles. The van der Waals surface area contributed by atoms with Crippen LogP contribution in [0.3, 0.4) is 0 Å². The Morgan fingerprint density at radius 2 is 1.18 bits per heavy atom. The highest BCUT2D eigenvalue weighted by atomic mass is 19.1. The van der Waals surface area contributed by atoms with Crippen LogP contribution in [0, 0.1) is 35.3 Å². The van der Waals surface area contributed by atoms with Gasteiger partial charge in [-0.2, -0.15) is 0 Å². The fraction of sp³-hybridized carbons (Fsp3) is 0.154. The molecule has 0 nitrogen and oxygen atoms in total. The van der Waals surface area contributed by atoms with Crippen LogP contribution in [0.5, 0.6) is 0 Å². The van der Waals surface area contributed by atoms with Gasteiger partial charge in [0.1, 0.15) is 11.6 Å². The molecule has 0 fully saturated rings. The maximum atomic E-state index is 14.3. The molecule has 28 heavy (non-hydrogen) atoms. The van der Waals surface area contributed by atoms with Crippen LogP contribution in [-0.2, 0) is 12.8 Å². The summed E-state index contributed by atoms with van der Waals surface area (Å²) in [5.41, 5.74) is 4.15. The van der Waals surface area contributed by atoms with Gasteiger partial charge in [0.2, 0.25) is 0 Å². The van der Waals surface area contributed by atoms with E-state index in [1.807, 2.05) is 31.2 Å². The van der Waals surface area contributed by atoms with E-state index >= 15 is 0 Å². The highest BCUT2D eigenvalue weighted by Crippen LogP contribution is 2.12. The van der Waals surface area contributed by atoms with Crippen molar-refractivity contribution in [3.63, 3.8) is 0 Å². The molecule has 0 spiro atoms. The van der Waals surface area contributed by atoms with Crippen LogP contribution in [0.2, 0.25) is 0 Å². The predicted molar refractivity (Wildman–Crippen MR) is 110 cm³/mol. The van der Waals surface area contributed by atoms with E-state index in [2.05, 4.69) is 30.6 Å². The fourth-order valence-electron chi connectivity index (χ4n) is 2.71. The van der Waals surface area contributed by atoms with E-state index in [-0.39, 0.29) is 11.4 Å². The summed E-state index contributed by atoms with van der Waals surface area (Å²) in [5, 5.41) is 0. The summed E-state index contributed by atoms with van der Waals surface area (Å²) in [6.07, 6.45) is 1.61. The average molecular weight is 370 g/mol. The van der Waals surface area contributed by atoms with E-state index in [4.69, 9.17) is 0 Å². The quantitative estimate of drug-likeness (QED) is 0.494. The van der Waals surface area contributed by atoms with Gasteiger partial charge >= 0.3 is 0 Å². The third kappa shape index (κ3) is 4.87. The zero-order valence-electron chi connectivity index (χ0n) is 15.9. The van der Waals surface area contributed by atoms with Crippen LogP contribution in [0.4, 0.5) is 8.78 Å². The smallest absolute Gasteiger partial charge is 0.140 e. The molecule has 0 saturated carbocycles. The third-order valence-electron chi connectivity index (χ3n) is 4.46.